The molecule has 124 valence electrons. The SMILES string of the molecule is CC(C)(C)NCC1CCCCCC1CCCC1CCCO1. The van der Waals surface area contributed by atoms with Gasteiger partial charge in [0.2, 0.25) is 0 Å². The van der Waals surface area contributed by atoms with Gasteiger partial charge in [0.1, 0.15) is 0 Å². The summed E-state index contributed by atoms with van der Waals surface area (Å²) in [6, 6.07) is 0. The van der Waals surface area contributed by atoms with Crippen LogP contribution >= 0.6 is 0 Å². The van der Waals surface area contributed by atoms with Crippen molar-refractivity contribution in [2.24, 2.45) is 11.8 Å². The second kappa shape index (κ2) is 8.53. The van der Waals surface area contributed by atoms with Gasteiger partial charge in [0.15, 0.2) is 0 Å². The van der Waals surface area contributed by atoms with Gasteiger partial charge >= 0.3 is 0 Å². The molecule has 3 atom stereocenters. The van der Waals surface area contributed by atoms with Gasteiger partial charge in [-0.05, 0) is 64.8 Å². The first-order valence-corrected chi connectivity index (χ1v) is 9.41. The lowest BCUT2D eigenvalue weighted by atomic mass is 9.83. The molecule has 2 heteroatoms. The van der Waals surface area contributed by atoms with Gasteiger partial charge in [-0.3, -0.25) is 0 Å². The zero-order valence-corrected chi connectivity index (χ0v) is 14.6. The van der Waals surface area contributed by atoms with Gasteiger partial charge in [-0.1, -0.05) is 38.5 Å². The molecule has 2 nitrogen and oxygen atoms in total. The van der Waals surface area contributed by atoms with E-state index in [2.05, 4.69) is 26.1 Å². The molecule has 1 saturated carbocycles. The Hall–Kier alpha value is -0.0800. The van der Waals surface area contributed by atoms with Crippen molar-refractivity contribution in [1.82, 2.24) is 5.32 Å². The fraction of sp³-hybridized carbons (Fsp3) is 1.00. The number of ether oxygens (including phenoxy) is 1. The minimum Gasteiger partial charge on any atom is -0.378 e. The molecule has 1 saturated heterocycles. The highest BCUT2D eigenvalue weighted by atomic mass is 16.5. The zero-order chi connectivity index (χ0) is 15.1. The van der Waals surface area contributed by atoms with Crippen LogP contribution in [0.1, 0.15) is 85.0 Å². The molecule has 0 aromatic heterocycles. The summed E-state index contributed by atoms with van der Waals surface area (Å²) in [4.78, 5) is 0. The van der Waals surface area contributed by atoms with E-state index in [1.165, 1.54) is 70.8 Å². The largest absolute Gasteiger partial charge is 0.378 e. The van der Waals surface area contributed by atoms with E-state index >= 15 is 0 Å². The fourth-order valence-electron chi connectivity index (χ4n) is 4.03. The highest BCUT2D eigenvalue weighted by molar-refractivity contribution is 4.80. The summed E-state index contributed by atoms with van der Waals surface area (Å²) < 4.78 is 5.77. The van der Waals surface area contributed by atoms with Crippen LogP contribution in [0.4, 0.5) is 0 Å². The van der Waals surface area contributed by atoms with E-state index in [0.717, 1.165) is 18.4 Å². The van der Waals surface area contributed by atoms with Crippen LogP contribution in [-0.4, -0.2) is 24.8 Å². The normalized spacial score (nSPS) is 31.3. The summed E-state index contributed by atoms with van der Waals surface area (Å²) in [6.45, 7) is 9.09. The maximum absolute atomic E-state index is 5.77. The van der Waals surface area contributed by atoms with Crippen LogP contribution in [0.3, 0.4) is 0 Å². The van der Waals surface area contributed by atoms with Crippen molar-refractivity contribution in [2.45, 2.75) is 96.6 Å². The number of nitrogens with one attached hydrogen (secondary N) is 1. The molecule has 0 aromatic carbocycles. The summed E-state index contributed by atoms with van der Waals surface area (Å²) in [5.41, 5.74) is 0.258. The molecule has 0 bridgehead atoms. The average Bonchev–Trinajstić information content (AvgIpc) is 2.82. The van der Waals surface area contributed by atoms with Crippen LogP contribution in [0.5, 0.6) is 0 Å². The standard InChI is InChI=1S/C19H37NO/c1-19(2,3)20-15-17-10-6-4-5-9-16(17)11-7-12-18-13-8-14-21-18/h16-18,20H,4-15H2,1-3H3. The number of hydrogen-bond acceptors (Lipinski definition) is 2. The monoisotopic (exact) mass is 295 g/mol. The highest BCUT2D eigenvalue weighted by Crippen LogP contribution is 2.33. The lowest BCUT2D eigenvalue weighted by Crippen LogP contribution is -2.40. The molecular formula is C19H37NO. The van der Waals surface area contributed by atoms with Gasteiger partial charge in [0, 0.05) is 12.1 Å². The highest BCUT2D eigenvalue weighted by Gasteiger charge is 2.25. The van der Waals surface area contributed by atoms with Gasteiger partial charge in [0.05, 0.1) is 6.10 Å². The van der Waals surface area contributed by atoms with E-state index in [0.29, 0.717) is 6.10 Å². The maximum Gasteiger partial charge on any atom is 0.0576 e. The Balaban J connectivity index is 1.74. The van der Waals surface area contributed by atoms with Crippen molar-refractivity contribution in [3.8, 4) is 0 Å². The molecule has 2 rings (SSSR count). The second-order valence-electron chi connectivity index (χ2n) is 8.36. The molecular weight excluding hydrogens is 258 g/mol. The van der Waals surface area contributed by atoms with E-state index in [-0.39, 0.29) is 5.54 Å². The minimum absolute atomic E-state index is 0.258. The van der Waals surface area contributed by atoms with Crippen molar-refractivity contribution in [2.75, 3.05) is 13.2 Å². The molecule has 1 heterocycles. The molecule has 0 amide bonds. The van der Waals surface area contributed by atoms with Gasteiger partial charge in [-0.15, -0.1) is 0 Å². The van der Waals surface area contributed by atoms with Crippen molar-refractivity contribution in [3.05, 3.63) is 0 Å². The summed E-state index contributed by atoms with van der Waals surface area (Å²) in [5, 5.41) is 3.76. The van der Waals surface area contributed by atoms with E-state index < -0.39 is 0 Å². The van der Waals surface area contributed by atoms with Crippen molar-refractivity contribution < 1.29 is 4.74 Å². The topological polar surface area (TPSA) is 21.3 Å². The molecule has 2 fully saturated rings. The Morgan fingerprint density at radius 1 is 0.905 bits per heavy atom. The number of rotatable bonds is 6. The smallest absolute Gasteiger partial charge is 0.0576 e. The van der Waals surface area contributed by atoms with Crippen molar-refractivity contribution in [3.63, 3.8) is 0 Å². The van der Waals surface area contributed by atoms with Crippen LogP contribution in [-0.2, 0) is 4.74 Å². The van der Waals surface area contributed by atoms with E-state index in [1.807, 2.05) is 0 Å². The minimum atomic E-state index is 0.258. The first kappa shape index (κ1) is 17.3. The van der Waals surface area contributed by atoms with E-state index in [9.17, 15) is 0 Å². The molecule has 1 aliphatic heterocycles. The third-order valence-electron chi connectivity index (χ3n) is 5.34. The number of hydrogen-bond donors (Lipinski definition) is 1. The van der Waals surface area contributed by atoms with Gasteiger partial charge in [0.25, 0.3) is 0 Å². The van der Waals surface area contributed by atoms with Crippen LogP contribution in [0.15, 0.2) is 0 Å². The Morgan fingerprint density at radius 2 is 1.67 bits per heavy atom. The first-order chi connectivity index (χ1) is 10.0. The predicted molar refractivity (Wildman–Crippen MR) is 90.6 cm³/mol. The Bertz CT molecular complexity index is 278. The molecule has 3 unspecified atom stereocenters. The summed E-state index contributed by atoms with van der Waals surface area (Å²) in [5.74, 6) is 1.85. The van der Waals surface area contributed by atoms with Crippen LogP contribution in [0, 0.1) is 11.8 Å². The van der Waals surface area contributed by atoms with Gasteiger partial charge in [-0.25, -0.2) is 0 Å². The second-order valence-corrected chi connectivity index (χ2v) is 8.36. The molecule has 1 N–H and O–H groups in total. The first-order valence-electron chi connectivity index (χ1n) is 9.41. The fourth-order valence-corrected chi connectivity index (χ4v) is 4.03. The van der Waals surface area contributed by atoms with E-state index in [4.69, 9.17) is 4.74 Å². The molecule has 0 radical (unpaired) electrons. The Kier molecular flexibility index (Phi) is 7.01. The molecule has 0 aromatic rings. The zero-order valence-electron chi connectivity index (χ0n) is 14.6. The third-order valence-corrected chi connectivity index (χ3v) is 5.34. The van der Waals surface area contributed by atoms with E-state index in [1.54, 1.807) is 0 Å². The van der Waals surface area contributed by atoms with Gasteiger partial charge in [-0.2, -0.15) is 0 Å². The quantitative estimate of drug-likeness (QED) is 0.702. The Morgan fingerprint density at radius 3 is 2.33 bits per heavy atom. The Labute approximate surface area is 132 Å². The summed E-state index contributed by atoms with van der Waals surface area (Å²) in [6.07, 6.45) is 14.5. The van der Waals surface area contributed by atoms with Crippen LogP contribution in [0.2, 0.25) is 0 Å². The summed E-state index contributed by atoms with van der Waals surface area (Å²) >= 11 is 0. The summed E-state index contributed by atoms with van der Waals surface area (Å²) in [7, 11) is 0. The van der Waals surface area contributed by atoms with Crippen LogP contribution < -0.4 is 5.32 Å². The molecule has 0 spiro atoms. The molecule has 2 aliphatic rings. The predicted octanol–water partition coefficient (Wildman–Crippen LogP) is 4.92. The lowest BCUT2D eigenvalue weighted by Gasteiger charge is -2.30. The van der Waals surface area contributed by atoms with Crippen LogP contribution in [0.25, 0.3) is 0 Å². The molecule has 21 heavy (non-hydrogen) atoms. The maximum atomic E-state index is 5.77. The third kappa shape index (κ3) is 6.69. The van der Waals surface area contributed by atoms with Crippen molar-refractivity contribution in [1.29, 1.82) is 0 Å². The van der Waals surface area contributed by atoms with Gasteiger partial charge < -0.3 is 10.1 Å². The molecule has 1 aliphatic carbocycles. The lowest BCUT2D eigenvalue weighted by molar-refractivity contribution is 0.0991. The van der Waals surface area contributed by atoms with Crippen molar-refractivity contribution >= 4 is 0 Å². The average molecular weight is 296 g/mol.